The van der Waals surface area contributed by atoms with E-state index in [1.54, 1.807) is 0 Å². The van der Waals surface area contributed by atoms with Gasteiger partial charge in [0.1, 0.15) is 5.60 Å². The summed E-state index contributed by atoms with van der Waals surface area (Å²) in [5.41, 5.74) is 0.959. The Kier molecular flexibility index (Phi) is 4.62. The van der Waals surface area contributed by atoms with Crippen LogP contribution in [0.15, 0.2) is 24.3 Å². The van der Waals surface area contributed by atoms with Crippen molar-refractivity contribution in [2.75, 3.05) is 19.6 Å². The maximum atomic E-state index is 12.5. The van der Waals surface area contributed by atoms with E-state index in [4.69, 9.17) is 4.74 Å². The Bertz CT molecular complexity index is 593. The maximum absolute atomic E-state index is 12.5. The molecule has 1 amide bonds. The van der Waals surface area contributed by atoms with E-state index in [2.05, 4.69) is 51.8 Å². The molecule has 1 saturated heterocycles. The Balaban J connectivity index is 1.65. The van der Waals surface area contributed by atoms with Gasteiger partial charge in [-0.2, -0.15) is 0 Å². The summed E-state index contributed by atoms with van der Waals surface area (Å²) in [4.78, 5) is 16.9. The number of hydrogen-bond acceptors (Lipinski definition) is 3. The zero-order valence-corrected chi connectivity index (χ0v) is 16.3. The molecule has 1 spiro atoms. The average molecular weight is 428 g/mol. The van der Waals surface area contributed by atoms with Gasteiger partial charge in [-0.05, 0) is 67.8 Å². The third kappa shape index (κ3) is 3.99. The van der Waals surface area contributed by atoms with Crippen molar-refractivity contribution < 1.29 is 9.53 Å². The van der Waals surface area contributed by atoms with Crippen LogP contribution in [0, 0.1) is 3.57 Å². The molecule has 0 radical (unpaired) electrons. The second kappa shape index (κ2) is 6.24. The molecular weight excluding hydrogens is 403 g/mol. The van der Waals surface area contributed by atoms with Gasteiger partial charge in [0.05, 0.1) is 5.54 Å². The molecule has 4 nitrogen and oxygen atoms in total. The van der Waals surface area contributed by atoms with Crippen molar-refractivity contribution in [3.63, 3.8) is 0 Å². The summed E-state index contributed by atoms with van der Waals surface area (Å²) < 4.78 is 6.90. The van der Waals surface area contributed by atoms with E-state index >= 15 is 0 Å². The number of halogens is 1. The summed E-state index contributed by atoms with van der Waals surface area (Å²) in [6.45, 7) is 9.37. The molecule has 1 aliphatic carbocycles. The topological polar surface area (TPSA) is 32.8 Å². The lowest BCUT2D eigenvalue weighted by atomic mass is 10.1. The van der Waals surface area contributed by atoms with Crippen LogP contribution in [-0.4, -0.2) is 46.7 Å². The van der Waals surface area contributed by atoms with Crippen molar-refractivity contribution in [2.45, 2.75) is 51.3 Å². The lowest BCUT2D eigenvalue weighted by Crippen LogP contribution is -2.57. The molecule has 126 valence electrons. The summed E-state index contributed by atoms with van der Waals surface area (Å²) >= 11 is 2.40. The summed E-state index contributed by atoms with van der Waals surface area (Å²) in [6, 6.07) is 8.52. The van der Waals surface area contributed by atoms with Crippen LogP contribution in [0.5, 0.6) is 0 Å². The van der Waals surface area contributed by atoms with Gasteiger partial charge in [-0.1, -0.05) is 18.2 Å². The van der Waals surface area contributed by atoms with Gasteiger partial charge in [-0.15, -0.1) is 0 Å². The Hall–Kier alpha value is -0.820. The minimum atomic E-state index is -0.426. The molecule has 3 rings (SSSR count). The summed E-state index contributed by atoms with van der Waals surface area (Å²) in [5.74, 6) is 0. The monoisotopic (exact) mass is 428 g/mol. The van der Waals surface area contributed by atoms with Crippen LogP contribution in [-0.2, 0) is 11.3 Å². The molecule has 1 saturated carbocycles. The first-order valence-corrected chi connectivity index (χ1v) is 9.33. The van der Waals surface area contributed by atoms with Crippen LogP contribution in [0.2, 0.25) is 0 Å². The lowest BCUT2D eigenvalue weighted by molar-refractivity contribution is -0.00811. The second-order valence-electron chi connectivity index (χ2n) is 7.66. The zero-order valence-electron chi connectivity index (χ0n) is 14.1. The quantitative estimate of drug-likeness (QED) is 0.671. The van der Waals surface area contributed by atoms with Gasteiger partial charge in [0, 0.05) is 29.7 Å². The van der Waals surface area contributed by atoms with Gasteiger partial charge >= 0.3 is 6.09 Å². The van der Waals surface area contributed by atoms with Gasteiger partial charge in [-0.25, -0.2) is 4.79 Å². The summed E-state index contributed by atoms with van der Waals surface area (Å²) in [7, 11) is 0. The zero-order chi connectivity index (χ0) is 16.7. The molecule has 1 aliphatic heterocycles. The third-order valence-electron chi connectivity index (χ3n) is 4.52. The van der Waals surface area contributed by atoms with Gasteiger partial charge in [0.15, 0.2) is 0 Å². The number of benzene rings is 1. The molecule has 2 aliphatic rings. The van der Waals surface area contributed by atoms with E-state index < -0.39 is 5.60 Å². The number of amides is 1. The minimum Gasteiger partial charge on any atom is -0.444 e. The fourth-order valence-corrected chi connectivity index (χ4v) is 3.79. The smallest absolute Gasteiger partial charge is 0.410 e. The Morgan fingerprint density at radius 2 is 1.96 bits per heavy atom. The van der Waals surface area contributed by atoms with Crippen LogP contribution in [0.25, 0.3) is 0 Å². The van der Waals surface area contributed by atoms with Crippen molar-refractivity contribution in [1.82, 2.24) is 9.80 Å². The molecule has 23 heavy (non-hydrogen) atoms. The standard InChI is InChI=1S/C18H25IN2O2/c1-17(2,3)23-16(22)21-11-10-20(13-18(21)8-9-18)12-14-6-4-5-7-15(14)19/h4-7H,8-13H2,1-3H3. The van der Waals surface area contributed by atoms with Gasteiger partial charge in [-0.3, -0.25) is 9.80 Å². The molecule has 1 aromatic rings. The van der Waals surface area contributed by atoms with Crippen molar-refractivity contribution in [2.24, 2.45) is 0 Å². The van der Waals surface area contributed by atoms with Crippen molar-refractivity contribution in [3.8, 4) is 0 Å². The second-order valence-corrected chi connectivity index (χ2v) is 8.82. The summed E-state index contributed by atoms with van der Waals surface area (Å²) in [5, 5.41) is 0. The van der Waals surface area contributed by atoms with Crippen LogP contribution in [0.1, 0.15) is 39.2 Å². The average Bonchev–Trinajstić information content (AvgIpc) is 3.19. The molecule has 0 bridgehead atoms. The fourth-order valence-electron chi connectivity index (χ4n) is 3.24. The SMILES string of the molecule is CC(C)(C)OC(=O)N1CCN(Cc2ccccc2I)CC12CC2. The number of carbonyl (C=O) groups excluding carboxylic acids is 1. The number of rotatable bonds is 2. The molecule has 1 heterocycles. The van der Waals surface area contributed by atoms with Gasteiger partial charge < -0.3 is 4.74 Å². The van der Waals surface area contributed by atoms with Crippen molar-refractivity contribution in [1.29, 1.82) is 0 Å². The van der Waals surface area contributed by atoms with E-state index in [9.17, 15) is 4.79 Å². The van der Waals surface area contributed by atoms with E-state index in [0.717, 1.165) is 39.0 Å². The normalized spacial score (nSPS) is 20.6. The number of piperazine rings is 1. The number of carbonyl (C=O) groups is 1. The molecule has 0 N–H and O–H groups in total. The number of nitrogens with zero attached hydrogens (tertiary/aromatic N) is 2. The first-order chi connectivity index (χ1) is 10.8. The highest BCUT2D eigenvalue weighted by molar-refractivity contribution is 14.1. The highest BCUT2D eigenvalue weighted by Gasteiger charge is 2.54. The number of ether oxygens (including phenoxy) is 1. The predicted octanol–water partition coefficient (Wildman–Crippen LogP) is 3.88. The fraction of sp³-hybridized carbons (Fsp3) is 0.611. The minimum absolute atomic E-state index is 0.0147. The van der Waals surface area contributed by atoms with Crippen molar-refractivity contribution in [3.05, 3.63) is 33.4 Å². The highest BCUT2D eigenvalue weighted by Crippen LogP contribution is 2.45. The molecule has 1 aromatic carbocycles. The maximum Gasteiger partial charge on any atom is 0.410 e. The first kappa shape index (κ1) is 17.0. The predicted molar refractivity (Wildman–Crippen MR) is 99.3 cm³/mol. The Morgan fingerprint density at radius 1 is 1.26 bits per heavy atom. The molecule has 0 atom stereocenters. The number of hydrogen-bond donors (Lipinski definition) is 0. The Labute approximate surface area is 152 Å². The van der Waals surface area contributed by atoms with E-state index in [0.29, 0.717) is 0 Å². The molecule has 2 fully saturated rings. The largest absolute Gasteiger partial charge is 0.444 e. The molecule has 0 aromatic heterocycles. The van der Waals surface area contributed by atoms with E-state index in [1.807, 2.05) is 25.7 Å². The Morgan fingerprint density at radius 3 is 2.57 bits per heavy atom. The van der Waals surface area contributed by atoms with Crippen LogP contribution in [0.4, 0.5) is 4.79 Å². The lowest BCUT2D eigenvalue weighted by Gasteiger charge is -2.42. The third-order valence-corrected chi connectivity index (χ3v) is 5.58. The molecule has 5 heteroatoms. The van der Waals surface area contributed by atoms with Crippen molar-refractivity contribution >= 4 is 28.7 Å². The van der Waals surface area contributed by atoms with Crippen LogP contribution < -0.4 is 0 Å². The molecular formula is C18H25IN2O2. The first-order valence-electron chi connectivity index (χ1n) is 8.26. The van der Waals surface area contributed by atoms with Crippen LogP contribution >= 0.6 is 22.6 Å². The van der Waals surface area contributed by atoms with Gasteiger partial charge in [0.25, 0.3) is 0 Å². The molecule has 0 unspecified atom stereocenters. The van der Waals surface area contributed by atoms with Crippen LogP contribution in [0.3, 0.4) is 0 Å². The van der Waals surface area contributed by atoms with E-state index in [-0.39, 0.29) is 11.6 Å². The summed E-state index contributed by atoms with van der Waals surface area (Å²) in [6.07, 6.45) is 2.03. The van der Waals surface area contributed by atoms with Gasteiger partial charge in [0.2, 0.25) is 0 Å². The highest BCUT2D eigenvalue weighted by atomic mass is 127. The van der Waals surface area contributed by atoms with E-state index in [1.165, 1.54) is 9.13 Å².